The number of anilines is 1. The van der Waals surface area contributed by atoms with E-state index < -0.39 is 0 Å². The van der Waals surface area contributed by atoms with Crippen LogP contribution in [0.4, 0.5) is 5.95 Å². The van der Waals surface area contributed by atoms with E-state index in [9.17, 15) is 0 Å². The van der Waals surface area contributed by atoms with Gasteiger partial charge in [-0.05, 0) is 10.4 Å². The first-order chi connectivity index (χ1) is 6.24. The standard InChI is InChI=1S/C6H12ClN5O/c1-12-6(9-10-11-12)8-3-5(7)4-13-2/h5H,3-4H2,1-2H3,(H,8,9,11). The molecule has 0 aliphatic heterocycles. The predicted molar refractivity (Wildman–Crippen MR) is 48.8 cm³/mol. The highest BCUT2D eigenvalue weighted by atomic mass is 35.5. The van der Waals surface area contributed by atoms with Crippen molar-refractivity contribution < 1.29 is 4.74 Å². The summed E-state index contributed by atoms with van der Waals surface area (Å²) >= 11 is 5.88. The lowest BCUT2D eigenvalue weighted by Crippen LogP contribution is -2.20. The Morgan fingerprint density at radius 2 is 2.46 bits per heavy atom. The summed E-state index contributed by atoms with van der Waals surface area (Å²) in [5.74, 6) is 0.599. The van der Waals surface area contributed by atoms with E-state index in [0.717, 1.165) is 0 Å². The first-order valence-electron chi connectivity index (χ1n) is 3.83. The minimum atomic E-state index is -0.0818. The maximum atomic E-state index is 5.88. The molecule has 74 valence electrons. The van der Waals surface area contributed by atoms with Gasteiger partial charge >= 0.3 is 0 Å². The Hall–Kier alpha value is -0.880. The summed E-state index contributed by atoms with van der Waals surface area (Å²) in [6.07, 6.45) is 0. The summed E-state index contributed by atoms with van der Waals surface area (Å²) in [6.45, 7) is 1.07. The summed E-state index contributed by atoms with van der Waals surface area (Å²) in [5, 5.41) is 13.8. The lowest BCUT2D eigenvalue weighted by molar-refractivity contribution is 0.200. The van der Waals surface area contributed by atoms with E-state index in [2.05, 4.69) is 20.8 Å². The number of methoxy groups -OCH3 is 1. The van der Waals surface area contributed by atoms with Crippen LogP contribution in [0.5, 0.6) is 0 Å². The molecule has 0 aromatic carbocycles. The lowest BCUT2D eigenvalue weighted by atomic mass is 10.4. The Balaban J connectivity index is 2.30. The van der Waals surface area contributed by atoms with Crippen LogP contribution in [-0.2, 0) is 11.8 Å². The van der Waals surface area contributed by atoms with Crippen molar-refractivity contribution in [1.82, 2.24) is 20.2 Å². The van der Waals surface area contributed by atoms with Crippen LogP contribution in [-0.4, -0.2) is 45.8 Å². The fraction of sp³-hybridized carbons (Fsp3) is 0.833. The van der Waals surface area contributed by atoms with Crippen molar-refractivity contribution in [2.24, 2.45) is 7.05 Å². The molecule has 1 unspecified atom stereocenters. The zero-order chi connectivity index (χ0) is 9.68. The van der Waals surface area contributed by atoms with Gasteiger partial charge in [-0.1, -0.05) is 5.10 Å². The molecule has 6 nitrogen and oxygen atoms in total. The van der Waals surface area contributed by atoms with Crippen LogP contribution in [0.25, 0.3) is 0 Å². The summed E-state index contributed by atoms with van der Waals surface area (Å²) in [4.78, 5) is 0. The van der Waals surface area contributed by atoms with Crippen LogP contribution in [0.2, 0.25) is 0 Å². The number of nitrogens with zero attached hydrogens (tertiary/aromatic N) is 4. The van der Waals surface area contributed by atoms with E-state index >= 15 is 0 Å². The molecule has 0 radical (unpaired) electrons. The molecule has 0 saturated heterocycles. The third kappa shape index (κ3) is 3.16. The van der Waals surface area contributed by atoms with Gasteiger partial charge < -0.3 is 10.1 Å². The van der Waals surface area contributed by atoms with Crippen molar-refractivity contribution in [1.29, 1.82) is 0 Å². The fourth-order valence-corrected chi connectivity index (χ4v) is 1.02. The predicted octanol–water partition coefficient (Wildman–Crippen LogP) is -0.124. The van der Waals surface area contributed by atoms with E-state index in [0.29, 0.717) is 19.1 Å². The van der Waals surface area contributed by atoms with Crippen molar-refractivity contribution in [2.75, 3.05) is 25.6 Å². The number of hydrogen-bond donors (Lipinski definition) is 1. The summed E-state index contributed by atoms with van der Waals surface area (Å²) in [5.41, 5.74) is 0. The van der Waals surface area contributed by atoms with Crippen molar-refractivity contribution in [2.45, 2.75) is 5.38 Å². The highest BCUT2D eigenvalue weighted by molar-refractivity contribution is 6.21. The monoisotopic (exact) mass is 205 g/mol. The molecule has 1 N–H and O–H groups in total. The lowest BCUT2D eigenvalue weighted by Gasteiger charge is -2.08. The van der Waals surface area contributed by atoms with E-state index in [-0.39, 0.29) is 5.38 Å². The maximum Gasteiger partial charge on any atom is 0.242 e. The van der Waals surface area contributed by atoms with Crippen LogP contribution in [0, 0.1) is 0 Å². The van der Waals surface area contributed by atoms with Crippen molar-refractivity contribution in [3.8, 4) is 0 Å². The molecule has 1 aromatic heterocycles. The highest BCUT2D eigenvalue weighted by Crippen LogP contribution is 2.00. The van der Waals surface area contributed by atoms with Crippen LogP contribution in [0.15, 0.2) is 0 Å². The second-order valence-corrected chi connectivity index (χ2v) is 3.18. The van der Waals surface area contributed by atoms with Gasteiger partial charge in [0, 0.05) is 20.7 Å². The second-order valence-electron chi connectivity index (χ2n) is 2.56. The van der Waals surface area contributed by atoms with Gasteiger partial charge in [-0.25, -0.2) is 4.68 Å². The third-order valence-electron chi connectivity index (χ3n) is 1.45. The number of nitrogens with one attached hydrogen (secondary N) is 1. The number of tetrazole rings is 1. The number of rotatable bonds is 5. The molecule has 13 heavy (non-hydrogen) atoms. The molecule has 0 aliphatic carbocycles. The molecule has 0 aliphatic rings. The molecular formula is C6H12ClN5O. The smallest absolute Gasteiger partial charge is 0.242 e. The van der Waals surface area contributed by atoms with Crippen LogP contribution in [0.1, 0.15) is 0 Å². The molecule has 0 saturated carbocycles. The second kappa shape index (κ2) is 4.98. The topological polar surface area (TPSA) is 64.9 Å². The zero-order valence-electron chi connectivity index (χ0n) is 7.57. The van der Waals surface area contributed by atoms with Crippen molar-refractivity contribution in [3.63, 3.8) is 0 Å². The largest absolute Gasteiger partial charge is 0.383 e. The summed E-state index contributed by atoms with van der Waals surface area (Å²) in [7, 11) is 3.36. The third-order valence-corrected chi connectivity index (χ3v) is 1.73. The molecule has 1 rings (SSSR count). The van der Waals surface area contributed by atoms with Crippen LogP contribution >= 0.6 is 11.6 Å². The number of hydrogen-bond acceptors (Lipinski definition) is 5. The zero-order valence-corrected chi connectivity index (χ0v) is 8.32. The summed E-state index contributed by atoms with van der Waals surface area (Å²) in [6, 6.07) is 0. The van der Waals surface area contributed by atoms with Gasteiger partial charge in [0.1, 0.15) is 0 Å². The minimum absolute atomic E-state index is 0.0818. The van der Waals surface area contributed by atoms with E-state index in [4.69, 9.17) is 16.3 Å². The van der Waals surface area contributed by atoms with Gasteiger partial charge in [-0.3, -0.25) is 0 Å². The first kappa shape index (κ1) is 10.2. The Labute approximate surface area is 81.2 Å². The average molecular weight is 206 g/mol. The van der Waals surface area contributed by atoms with Crippen molar-refractivity contribution in [3.05, 3.63) is 0 Å². The highest BCUT2D eigenvalue weighted by Gasteiger charge is 2.06. The number of aryl methyl sites for hydroxylation is 1. The molecule has 0 amide bonds. The number of alkyl halides is 1. The van der Waals surface area contributed by atoms with Gasteiger partial charge in [-0.2, -0.15) is 0 Å². The van der Waals surface area contributed by atoms with Crippen molar-refractivity contribution >= 4 is 17.5 Å². The Morgan fingerprint density at radius 3 is 3.00 bits per heavy atom. The molecule has 0 fully saturated rings. The SMILES string of the molecule is COCC(Cl)CNc1nnnn1C. The molecular weight excluding hydrogens is 194 g/mol. The fourth-order valence-electron chi connectivity index (χ4n) is 0.821. The summed E-state index contributed by atoms with van der Waals surface area (Å²) < 4.78 is 6.41. The van der Waals surface area contributed by atoms with Gasteiger partial charge in [0.2, 0.25) is 5.95 Å². The molecule has 1 atom stereocenters. The quantitative estimate of drug-likeness (QED) is 0.679. The number of ether oxygens (including phenoxy) is 1. The Morgan fingerprint density at radius 1 is 1.69 bits per heavy atom. The first-order valence-corrected chi connectivity index (χ1v) is 4.27. The van der Waals surface area contributed by atoms with Gasteiger partial charge in [-0.15, -0.1) is 11.6 Å². The average Bonchev–Trinajstić information content (AvgIpc) is 2.48. The van der Waals surface area contributed by atoms with Gasteiger partial charge in [0.05, 0.1) is 12.0 Å². The molecule has 1 heterocycles. The van der Waals surface area contributed by atoms with Gasteiger partial charge in [0.15, 0.2) is 0 Å². The van der Waals surface area contributed by atoms with Crippen LogP contribution in [0.3, 0.4) is 0 Å². The normalized spacial score (nSPS) is 12.8. The van der Waals surface area contributed by atoms with Gasteiger partial charge in [0.25, 0.3) is 0 Å². The Kier molecular flexibility index (Phi) is 3.91. The Bertz CT molecular complexity index is 253. The van der Waals surface area contributed by atoms with Crippen LogP contribution < -0.4 is 5.32 Å². The number of aromatic nitrogens is 4. The van der Waals surface area contributed by atoms with E-state index in [1.807, 2.05) is 0 Å². The molecule has 7 heteroatoms. The molecule has 0 spiro atoms. The van der Waals surface area contributed by atoms with E-state index in [1.165, 1.54) is 4.68 Å². The maximum absolute atomic E-state index is 5.88. The molecule has 0 bridgehead atoms. The van der Waals surface area contributed by atoms with E-state index in [1.54, 1.807) is 14.2 Å². The number of halogens is 1. The molecule has 1 aromatic rings. The minimum Gasteiger partial charge on any atom is -0.383 e.